The largest absolute Gasteiger partial charge is 0.347 e. The van der Waals surface area contributed by atoms with Gasteiger partial charge >= 0.3 is 0 Å². The predicted molar refractivity (Wildman–Crippen MR) is 125 cm³/mol. The summed E-state index contributed by atoms with van der Waals surface area (Å²) in [4.78, 5) is 40.1. The van der Waals surface area contributed by atoms with Gasteiger partial charge in [0.05, 0.1) is 0 Å². The molecule has 6 heteroatoms. The lowest BCUT2D eigenvalue weighted by Crippen LogP contribution is -2.61. The molecule has 0 unspecified atom stereocenters. The van der Waals surface area contributed by atoms with Crippen molar-refractivity contribution in [2.45, 2.75) is 31.0 Å². The van der Waals surface area contributed by atoms with Gasteiger partial charge in [-0.1, -0.05) is 72.8 Å². The zero-order chi connectivity index (χ0) is 22.8. The van der Waals surface area contributed by atoms with Crippen molar-refractivity contribution in [2.24, 2.45) is 0 Å². The van der Waals surface area contributed by atoms with Crippen molar-refractivity contribution in [3.8, 4) is 11.1 Å². The van der Waals surface area contributed by atoms with E-state index in [1.807, 2.05) is 72.8 Å². The number of benzene rings is 3. The Kier molecular flexibility index (Phi) is 5.65. The number of hydrogen-bond acceptors (Lipinski definition) is 3. The van der Waals surface area contributed by atoms with Crippen LogP contribution in [-0.4, -0.2) is 47.3 Å². The van der Waals surface area contributed by atoms with Crippen LogP contribution in [0.25, 0.3) is 11.1 Å². The third-order valence-electron chi connectivity index (χ3n) is 6.37. The number of piperazine rings is 1. The van der Waals surface area contributed by atoms with Gasteiger partial charge in [0.2, 0.25) is 11.8 Å². The van der Waals surface area contributed by atoms with Crippen molar-refractivity contribution < 1.29 is 14.4 Å². The summed E-state index contributed by atoms with van der Waals surface area (Å²) < 4.78 is 0. The molecule has 0 aromatic heterocycles. The Morgan fingerprint density at radius 1 is 0.879 bits per heavy atom. The van der Waals surface area contributed by atoms with Crippen molar-refractivity contribution >= 4 is 17.7 Å². The first kappa shape index (κ1) is 20.9. The van der Waals surface area contributed by atoms with Crippen LogP contribution in [0.15, 0.2) is 84.9 Å². The van der Waals surface area contributed by atoms with E-state index in [-0.39, 0.29) is 23.8 Å². The van der Waals surface area contributed by atoms with Gasteiger partial charge in [-0.25, -0.2) is 0 Å². The molecule has 0 spiro atoms. The molecule has 3 atom stereocenters. The molecular formula is C27H25N3O3. The van der Waals surface area contributed by atoms with Crippen LogP contribution in [0.4, 0.5) is 0 Å². The lowest BCUT2D eigenvalue weighted by molar-refractivity contribution is -0.147. The number of nitrogens with one attached hydrogen (secondary N) is 2. The summed E-state index contributed by atoms with van der Waals surface area (Å²) in [6.45, 7) is 0.343. The van der Waals surface area contributed by atoms with Crippen LogP contribution in [0.1, 0.15) is 22.3 Å². The van der Waals surface area contributed by atoms with E-state index in [0.717, 1.165) is 16.7 Å². The molecule has 33 heavy (non-hydrogen) atoms. The fourth-order valence-electron chi connectivity index (χ4n) is 4.66. The molecule has 2 aliphatic rings. The normalized spacial score (nSPS) is 21.9. The second-order valence-electron chi connectivity index (χ2n) is 8.61. The minimum Gasteiger partial charge on any atom is -0.347 e. The molecule has 3 aromatic rings. The second kappa shape index (κ2) is 8.90. The molecule has 0 radical (unpaired) electrons. The maximum Gasteiger partial charge on any atom is 0.251 e. The molecule has 0 saturated carbocycles. The quantitative estimate of drug-likeness (QED) is 0.642. The molecule has 3 amide bonds. The van der Waals surface area contributed by atoms with Gasteiger partial charge in [-0.15, -0.1) is 0 Å². The van der Waals surface area contributed by atoms with Gasteiger partial charge in [-0.3, -0.25) is 14.4 Å². The molecule has 2 aliphatic heterocycles. The monoisotopic (exact) mass is 439 g/mol. The van der Waals surface area contributed by atoms with Crippen molar-refractivity contribution in [1.82, 2.24) is 15.5 Å². The summed E-state index contributed by atoms with van der Waals surface area (Å²) >= 11 is 0. The highest BCUT2D eigenvalue weighted by atomic mass is 16.2. The Labute approximate surface area is 192 Å². The van der Waals surface area contributed by atoms with Crippen LogP contribution in [-0.2, 0) is 16.0 Å². The first-order chi connectivity index (χ1) is 16.1. The molecule has 5 rings (SSSR count). The molecule has 3 aromatic carbocycles. The molecule has 2 N–H and O–H groups in total. The molecule has 0 bridgehead atoms. The van der Waals surface area contributed by atoms with E-state index >= 15 is 0 Å². The first-order valence-corrected chi connectivity index (χ1v) is 11.2. The number of nitrogens with zero attached hydrogens (tertiary/aromatic N) is 1. The summed E-state index contributed by atoms with van der Waals surface area (Å²) in [6.07, 6.45) is 0.878. The molecule has 2 heterocycles. The Morgan fingerprint density at radius 3 is 2.21 bits per heavy atom. The lowest BCUT2D eigenvalue weighted by atomic mass is 10.0. The summed E-state index contributed by atoms with van der Waals surface area (Å²) in [5, 5.41) is 5.87. The van der Waals surface area contributed by atoms with Gasteiger partial charge in [-0.2, -0.15) is 0 Å². The number of carbonyl (C=O) groups excluding carboxylic acids is 3. The molecule has 0 aliphatic carbocycles. The van der Waals surface area contributed by atoms with Gasteiger partial charge in [0.1, 0.15) is 12.1 Å². The third-order valence-corrected chi connectivity index (χ3v) is 6.37. The van der Waals surface area contributed by atoms with Crippen LogP contribution in [0.2, 0.25) is 0 Å². The summed E-state index contributed by atoms with van der Waals surface area (Å²) in [5.41, 5.74) is 3.68. The van der Waals surface area contributed by atoms with Gasteiger partial charge in [0.15, 0.2) is 0 Å². The maximum atomic E-state index is 13.0. The Morgan fingerprint density at radius 2 is 1.52 bits per heavy atom. The lowest BCUT2D eigenvalue weighted by Gasteiger charge is -2.34. The summed E-state index contributed by atoms with van der Waals surface area (Å²) in [7, 11) is 0. The molecule has 166 valence electrons. The van der Waals surface area contributed by atoms with Crippen molar-refractivity contribution in [2.75, 3.05) is 6.54 Å². The van der Waals surface area contributed by atoms with E-state index < -0.39 is 12.1 Å². The molecular weight excluding hydrogens is 414 g/mol. The van der Waals surface area contributed by atoms with Crippen LogP contribution >= 0.6 is 0 Å². The number of hydrogen-bond donors (Lipinski definition) is 2. The number of amides is 3. The van der Waals surface area contributed by atoms with E-state index in [2.05, 4.69) is 10.6 Å². The molecule has 6 nitrogen and oxygen atoms in total. The first-order valence-electron chi connectivity index (χ1n) is 11.2. The molecule has 2 saturated heterocycles. The fourth-order valence-corrected chi connectivity index (χ4v) is 4.66. The van der Waals surface area contributed by atoms with Crippen LogP contribution < -0.4 is 10.6 Å². The van der Waals surface area contributed by atoms with Crippen LogP contribution in [0.3, 0.4) is 0 Å². The Hall–Kier alpha value is -3.93. The standard InChI is InChI=1S/C27H25N3O3/c31-25(21-13-11-20(12-14-21)19-9-5-2-6-10-19)28-22-16-24-26(32)29-23(27(33)30(24)17-22)15-18-7-3-1-4-8-18/h1-14,22-24H,15-17H2,(H,28,31)(H,29,32)/t22-,23-,24-/m0/s1. The number of carbonyl (C=O) groups is 3. The smallest absolute Gasteiger partial charge is 0.251 e. The zero-order valence-corrected chi connectivity index (χ0v) is 18.1. The topological polar surface area (TPSA) is 78.5 Å². The highest BCUT2D eigenvalue weighted by Gasteiger charge is 2.46. The van der Waals surface area contributed by atoms with Crippen molar-refractivity contribution in [1.29, 1.82) is 0 Å². The Balaban J connectivity index is 1.23. The Bertz CT molecular complexity index is 1160. The minimum atomic E-state index is -0.573. The van der Waals surface area contributed by atoms with Crippen molar-refractivity contribution in [3.63, 3.8) is 0 Å². The summed E-state index contributed by atoms with van der Waals surface area (Å²) in [5.74, 6) is -0.444. The van der Waals surface area contributed by atoms with Crippen LogP contribution in [0.5, 0.6) is 0 Å². The van der Waals surface area contributed by atoms with Gasteiger partial charge in [0, 0.05) is 24.6 Å². The average molecular weight is 440 g/mol. The fraction of sp³-hybridized carbons (Fsp3) is 0.222. The molecule has 2 fully saturated rings. The minimum absolute atomic E-state index is 0.0904. The van der Waals surface area contributed by atoms with E-state index in [9.17, 15) is 14.4 Å². The number of fused-ring (bicyclic) bond motifs is 1. The maximum absolute atomic E-state index is 13.0. The van der Waals surface area contributed by atoms with E-state index in [1.54, 1.807) is 17.0 Å². The summed E-state index contributed by atoms with van der Waals surface area (Å²) in [6, 6.07) is 25.7. The zero-order valence-electron chi connectivity index (χ0n) is 18.1. The highest BCUT2D eigenvalue weighted by molar-refractivity contribution is 5.98. The average Bonchev–Trinajstić information content (AvgIpc) is 3.28. The van der Waals surface area contributed by atoms with Gasteiger partial charge in [-0.05, 0) is 35.2 Å². The van der Waals surface area contributed by atoms with Gasteiger partial charge < -0.3 is 15.5 Å². The van der Waals surface area contributed by atoms with E-state index in [4.69, 9.17) is 0 Å². The van der Waals surface area contributed by atoms with Gasteiger partial charge in [0.25, 0.3) is 5.91 Å². The van der Waals surface area contributed by atoms with Crippen molar-refractivity contribution in [3.05, 3.63) is 96.1 Å². The van der Waals surface area contributed by atoms with E-state index in [0.29, 0.717) is 24.9 Å². The number of rotatable bonds is 5. The van der Waals surface area contributed by atoms with Crippen LogP contribution in [0, 0.1) is 0 Å². The van der Waals surface area contributed by atoms with E-state index in [1.165, 1.54) is 0 Å². The highest BCUT2D eigenvalue weighted by Crippen LogP contribution is 2.25. The predicted octanol–water partition coefficient (Wildman–Crippen LogP) is 2.79. The second-order valence-corrected chi connectivity index (χ2v) is 8.61. The third kappa shape index (κ3) is 4.37. The SMILES string of the molecule is O=C(N[C@H]1C[C@H]2C(=O)N[C@@H](Cc3ccccc3)C(=O)N2C1)c1ccc(-c2ccccc2)cc1.